The van der Waals surface area contributed by atoms with Crippen molar-refractivity contribution in [2.75, 3.05) is 0 Å². The SMILES string of the molecule is NC1Cc2[nH]c3ccc(F)cc3c2C1. The molecular formula is C11H11FN2. The van der Waals surface area contributed by atoms with Crippen molar-refractivity contribution in [3.05, 3.63) is 35.3 Å². The quantitative estimate of drug-likeness (QED) is 0.652. The van der Waals surface area contributed by atoms with E-state index in [9.17, 15) is 4.39 Å². The van der Waals surface area contributed by atoms with Gasteiger partial charge >= 0.3 is 0 Å². The Morgan fingerprint density at radius 1 is 1.36 bits per heavy atom. The first-order chi connectivity index (χ1) is 6.74. The average Bonchev–Trinajstić information content (AvgIpc) is 2.62. The molecule has 0 amide bonds. The molecule has 0 saturated carbocycles. The maximum absolute atomic E-state index is 13.0. The summed E-state index contributed by atoms with van der Waals surface area (Å²) in [5, 5.41) is 0.993. The van der Waals surface area contributed by atoms with Gasteiger partial charge < -0.3 is 10.7 Å². The van der Waals surface area contributed by atoms with Crippen LogP contribution in [0.5, 0.6) is 0 Å². The molecule has 0 fully saturated rings. The number of rotatable bonds is 0. The molecule has 3 rings (SSSR count). The molecule has 0 aliphatic heterocycles. The van der Waals surface area contributed by atoms with Crippen LogP contribution in [0.1, 0.15) is 11.3 Å². The Morgan fingerprint density at radius 2 is 2.21 bits per heavy atom. The van der Waals surface area contributed by atoms with Crippen LogP contribution in [0.25, 0.3) is 10.9 Å². The molecule has 1 aliphatic rings. The van der Waals surface area contributed by atoms with Gasteiger partial charge in [-0.3, -0.25) is 0 Å². The molecule has 0 spiro atoms. The lowest BCUT2D eigenvalue weighted by Gasteiger charge is -1.99. The van der Waals surface area contributed by atoms with E-state index in [1.54, 1.807) is 12.1 Å². The first-order valence-corrected chi connectivity index (χ1v) is 4.78. The highest BCUT2D eigenvalue weighted by Crippen LogP contribution is 2.29. The Bertz CT molecular complexity index is 501. The zero-order valence-corrected chi connectivity index (χ0v) is 7.68. The molecule has 1 unspecified atom stereocenters. The normalized spacial score (nSPS) is 20.3. The lowest BCUT2D eigenvalue weighted by atomic mass is 10.1. The summed E-state index contributed by atoms with van der Waals surface area (Å²) >= 11 is 0. The molecule has 3 heteroatoms. The van der Waals surface area contributed by atoms with Crippen LogP contribution in [0, 0.1) is 5.82 Å². The zero-order chi connectivity index (χ0) is 9.71. The van der Waals surface area contributed by atoms with Crippen LogP contribution >= 0.6 is 0 Å². The fraction of sp³-hybridized carbons (Fsp3) is 0.273. The Morgan fingerprint density at radius 3 is 3.07 bits per heavy atom. The number of aromatic nitrogens is 1. The van der Waals surface area contributed by atoms with Crippen LogP contribution in [-0.4, -0.2) is 11.0 Å². The molecule has 1 aliphatic carbocycles. The van der Waals surface area contributed by atoms with Gasteiger partial charge in [0.1, 0.15) is 5.82 Å². The van der Waals surface area contributed by atoms with Crippen molar-refractivity contribution in [1.29, 1.82) is 0 Å². The van der Waals surface area contributed by atoms with Gasteiger partial charge in [0.05, 0.1) is 0 Å². The number of hydrogen-bond acceptors (Lipinski definition) is 1. The van der Waals surface area contributed by atoms with E-state index in [0.717, 1.165) is 23.7 Å². The van der Waals surface area contributed by atoms with Crippen molar-refractivity contribution in [2.45, 2.75) is 18.9 Å². The van der Waals surface area contributed by atoms with E-state index in [1.807, 2.05) is 0 Å². The molecular weight excluding hydrogens is 179 g/mol. The van der Waals surface area contributed by atoms with Gasteiger partial charge in [0.25, 0.3) is 0 Å². The van der Waals surface area contributed by atoms with E-state index >= 15 is 0 Å². The van der Waals surface area contributed by atoms with Crippen LogP contribution < -0.4 is 5.73 Å². The summed E-state index contributed by atoms with van der Waals surface area (Å²) in [5.74, 6) is -0.181. The average molecular weight is 190 g/mol. The molecule has 1 atom stereocenters. The first kappa shape index (κ1) is 8.00. The fourth-order valence-corrected chi connectivity index (χ4v) is 2.28. The molecule has 72 valence electrons. The summed E-state index contributed by atoms with van der Waals surface area (Å²) in [6.07, 6.45) is 1.74. The fourth-order valence-electron chi connectivity index (χ4n) is 2.28. The molecule has 0 bridgehead atoms. The summed E-state index contributed by atoms with van der Waals surface area (Å²) in [7, 11) is 0. The number of hydrogen-bond donors (Lipinski definition) is 2. The van der Waals surface area contributed by atoms with Gasteiger partial charge in [-0.15, -0.1) is 0 Å². The lowest BCUT2D eigenvalue weighted by Crippen LogP contribution is -2.19. The molecule has 0 radical (unpaired) electrons. The van der Waals surface area contributed by atoms with Gasteiger partial charge in [0.15, 0.2) is 0 Å². The number of nitrogens with one attached hydrogen (secondary N) is 1. The largest absolute Gasteiger partial charge is 0.358 e. The highest BCUT2D eigenvalue weighted by atomic mass is 19.1. The monoisotopic (exact) mass is 190 g/mol. The summed E-state index contributed by atoms with van der Waals surface area (Å²) in [6, 6.07) is 5.05. The van der Waals surface area contributed by atoms with Crippen LogP contribution in [0.2, 0.25) is 0 Å². The van der Waals surface area contributed by atoms with Gasteiger partial charge in [-0.2, -0.15) is 0 Å². The van der Waals surface area contributed by atoms with Crippen molar-refractivity contribution in [2.24, 2.45) is 5.73 Å². The minimum Gasteiger partial charge on any atom is -0.358 e. The molecule has 1 heterocycles. The second-order valence-electron chi connectivity index (χ2n) is 3.94. The van der Waals surface area contributed by atoms with Crippen molar-refractivity contribution >= 4 is 10.9 Å². The third-order valence-corrected chi connectivity index (χ3v) is 2.89. The van der Waals surface area contributed by atoms with E-state index in [1.165, 1.54) is 17.3 Å². The maximum atomic E-state index is 13.0. The van der Waals surface area contributed by atoms with Crippen LogP contribution in [0.3, 0.4) is 0 Å². The zero-order valence-electron chi connectivity index (χ0n) is 7.68. The van der Waals surface area contributed by atoms with Gasteiger partial charge in [-0.1, -0.05) is 0 Å². The Kier molecular flexibility index (Phi) is 1.47. The Balaban J connectivity index is 2.30. The van der Waals surface area contributed by atoms with Crippen molar-refractivity contribution in [3.8, 4) is 0 Å². The maximum Gasteiger partial charge on any atom is 0.123 e. The second kappa shape index (κ2) is 2.58. The molecule has 1 aromatic heterocycles. The van der Waals surface area contributed by atoms with Gasteiger partial charge in [-0.05, 0) is 30.2 Å². The number of halogens is 1. The van der Waals surface area contributed by atoms with Gasteiger partial charge in [0.2, 0.25) is 0 Å². The second-order valence-corrected chi connectivity index (χ2v) is 3.94. The molecule has 1 aromatic carbocycles. The number of H-pyrrole nitrogens is 1. The predicted octanol–water partition coefficient (Wildman–Crippen LogP) is 1.73. The van der Waals surface area contributed by atoms with E-state index in [2.05, 4.69) is 4.98 Å². The van der Waals surface area contributed by atoms with Crippen molar-refractivity contribution in [1.82, 2.24) is 4.98 Å². The molecule has 3 N–H and O–H groups in total. The molecule has 2 aromatic rings. The molecule has 14 heavy (non-hydrogen) atoms. The lowest BCUT2D eigenvalue weighted by molar-refractivity contribution is 0.629. The summed E-state index contributed by atoms with van der Waals surface area (Å²) in [4.78, 5) is 3.29. The van der Waals surface area contributed by atoms with E-state index < -0.39 is 0 Å². The topological polar surface area (TPSA) is 41.8 Å². The minimum absolute atomic E-state index is 0.181. The Hall–Kier alpha value is -1.35. The smallest absolute Gasteiger partial charge is 0.123 e. The van der Waals surface area contributed by atoms with Crippen LogP contribution in [0.4, 0.5) is 4.39 Å². The van der Waals surface area contributed by atoms with E-state index in [4.69, 9.17) is 5.73 Å². The number of benzene rings is 1. The van der Waals surface area contributed by atoms with Crippen LogP contribution in [-0.2, 0) is 12.8 Å². The molecule has 0 saturated heterocycles. The van der Waals surface area contributed by atoms with Gasteiger partial charge in [0, 0.05) is 29.1 Å². The van der Waals surface area contributed by atoms with E-state index in [0.29, 0.717) is 0 Å². The van der Waals surface area contributed by atoms with Crippen molar-refractivity contribution < 1.29 is 4.39 Å². The first-order valence-electron chi connectivity index (χ1n) is 4.78. The highest BCUT2D eigenvalue weighted by molar-refractivity contribution is 5.85. The predicted molar refractivity (Wildman–Crippen MR) is 53.6 cm³/mol. The summed E-state index contributed by atoms with van der Waals surface area (Å²) in [6.45, 7) is 0. The summed E-state index contributed by atoms with van der Waals surface area (Å²) < 4.78 is 13.0. The van der Waals surface area contributed by atoms with E-state index in [-0.39, 0.29) is 11.9 Å². The highest BCUT2D eigenvalue weighted by Gasteiger charge is 2.22. The number of aromatic amines is 1. The minimum atomic E-state index is -0.181. The molecule has 2 nitrogen and oxygen atoms in total. The number of fused-ring (bicyclic) bond motifs is 3. The van der Waals surface area contributed by atoms with Crippen molar-refractivity contribution in [3.63, 3.8) is 0 Å². The third kappa shape index (κ3) is 0.990. The number of nitrogens with two attached hydrogens (primary N) is 1. The van der Waals surface area contributed by atoms with Crippen LogP contribution in [0.15, 0.2) is 18.2 Å². The van der Waals surface area contributed by atoms with Gasteiger partial charge in [-0.25, -0.2) is 4.39 Å². The summed E-state index contributed by atoms with van der Waals surface area (Å²) in [5.41, 5.74) is 9.24. The standard InChI is InChI=1S/C11H11FN2/c12-6-1-2-10-8(3-6)9-4-7(13)5-11(9)14-10/h1-3,7,14H,4-5,13H2. The third-order valence-electron chi connectivity index (χ3n) is 2.89. The Labute approximate surface area is 80.9 Å².